The maximum Gasteiger partial charge on any atom is 0.135 e. The molecular formula is C16H14ClNO. The third-order valence-corrected chi connectivity index (χ3v) is 2.77. The molecular weight excluding hydrogens is 258 g/mol. The van der Waals surface area contributed by atoms with E-state index in [0.717, 1.165) is 21.9 Å². The van der Waals surface area contributed by atoms with Crippen molar-refractivity contribution in [2.24, 2.45) is 5.73 Å². The zero-order valence-electron chi connectivity index (χ0n) is 10.4. The predicted molar refractivity (Wildman–Crippen MR) is 78.2 cm³/mol. The Morgan fingerprint density at radius 2 is 1.79 bits per heavy atom. The van der Waals surface area contributed by atoms with Crippen LogP contribution in [-0.2, 0) is 6.61 Å². The molecule has 2 N–H and O–H groups in total. The van der Waals surface area contributed by atoms with E-state index in [4.69, 9.17) is 22.1 Å². The highest BCUT2D eigenvalue weighted by atomic mass is 35.5. The van der Waals surface area contributed by atoms with Gasteiger partial charge in [0.15, 0.2) is 0 Å². The molecule has 3 heteroatoms. The number of nitrogens with two attached hydrogens (primary N) is 1. The molecule has 0 bridgehead atoms. The molecule has 0 unspecified atom stereocenters. The van der Waals surface area contributed by atoms with Crippen molar-refractivity contribution in [3.63, 3.8) is 0 Å². The minimum absolute atomic E-state index is 0.339. The molecule has 0 amide bonds. The minimum atomic E-state index is 0.339. The number of ether oxygens (including phenoxy) is 1. The van der Waals surface area contributed by atoms with Crippen LogP contribution in [0, 0.1) is 11.8 Å². The lowest BCUT2D eigenvalue weighted by atomic mass is 10.2. The van der Waals surface area contributed by atoms with Crippen molar-refractivity contribution in [3.8, 4) is 17.6 Å². The van der Waals surface area contributed by atoms with Gasteiger partial charge in [-0.05, 0) is 29.8 Å². The zero-order valence-corrected chi connectivity index (χ0v) is 11.2. The zero-order chi connectivity index (χ0) is 13.5. The highest BCUT2D eigenvalue weighted by molar-refractivity contribution is 6.30. The molecule has 2 aromatic carbocycles. The van der Waals surface area contributed by atoms with Crippen LogP contribution in [0.4, 0.5) is 0 Å². The van der Waals surface area contributed by atoms with Gasteiger partial charge in [0.05, 0.1) is 12.1 Å². The molecule has 0 aliphatic heterocycles. The van der Waals surface area contributed by atoms with Crippen LogP contribution in [0.5, 0.6) is 5.75 Å². The smallest absolute Gasteiger partial charge is 0.135 e. The van der Waals surface area contributed by atoms with E-state index in [-0.39, 0.29) is 0 Å². The summed E-state index contributed by atoms with van der Waals surface area (Å²) in [5, 5.41) is 0.720. The fraction of sp³-hybridized carbons (Fsp3) is 0.125. The van der Waals surface area contributed by atoms with Gasteiger partial charge in [-0.1, -0.05) is 47.7 Å². The van der Waals surface area contributed by atoms with Crippen molar-refractivity contribution < 1.29 is 4.74 Å². The standard InChI is InChI=1S/C16H14ClNO/c17-15-9-7-13(8-10-15)12-19-16-6-2-1-4-14(16)5-3-11-18/h1-2,4,6-10H,11-12,18H2. The maximum atomic E-state index is 5.84. The maximum absolute atomic E-state index is 5.84. The molecule has 0 heterocycles. The number of hydrogen-bond acceptors (Lipinski definition) is 2. The van der Waals surface area contributed by atoms with E-state index < -0.39 is 0 Å². The Morgan fingerprint density at radius 1 is 1.05 bits per heavy atom. The number of rotatable bonds is 3. The van der Waals surface area contributed by atoms with Gasteiger partial charge in [0.1, 0.15) is 12.4 Å². The molecule has 0 aromatic heterocycles. The van der Waals surface area contributed by atoms with Gasteiger partial charge >= 0.3 is 0 Å². The first-order chi connectivity index (χ1) is 9.29. The third kappa shape index (κ3) is 4.03. The second-order valence-corrected chi connectivity index (χ2v) is 4.35. The Hall–Kier alpha value is -1.95. The van der Waals surface area contributed by atoms with Gasteiger partial charge in [-0.25, -0.2) is 0 Å². The molecule has 0 aliphatic rings. The van der Waals surface area contributed by atoms with Crippen molar-refractivity contribution in [2.45, 2.75) is 6.61 Å². The Kier molecular flexibility index (Phi) is 4.85. The molecule has 0 saturated heterocycles. The summed E-state index contributed by atoms with van der Waals surface area (Å²) in [5.41, 5.74) is 7.29. The van der Waals surface area contributed by atoms with Crippen molar-refractivity contribution in [1.82, 2.24) is 0 Å². The summed E-state index contributed by atoms with van der Waals surface area (Å²) in [6.07, 6.45) is 0. The van der Waals surface area contributed by atoms with Gasteiger partial charge in [0.2, 0.25) is 0 Å². The fourth-order valence-electron chi connectivity index (χ4n) is 1.58. The Balaban J connectivity index is 2.09. The predicted octanol–water partition coefficient (Wildman–Crippen LogP) is 3.23. The Bertz CT molecular complexity index is 596. The minimum Gasteiger partial charge on any atom is -0.488 e. The quantitative estimate of drug-likeness (QED) is 0.870. The van der Waals surface area contributed by atoms with E-state index in [0.29, 0.717) is 13.2 Å². The van der Waals surface area contributed by atoms with Crippen LogP contribution in [0.2, 0.25) is 5.02 Å². The van der Waals surface area contributed by atoms with Gasteiger partial charge in [0, 0.05) is 5.02 Å². The SMILES string of the molecule is NCC#Cc1ccccc1OCc1ccc(Cl)cc1. The van der Waals surface area contributed by atoms with E-state index in [9.17, 15) is 0 Å². The van der Waals surface area contributed by atoms with Crippen molar-refractivity contribution in [1.29, 1.82) is 0 Å². The molecule has 0 atom stereocenters. The van der Waals surface area contributed by atoms with Crippen molar-refractivity contribution in [2.75, 3.05) is 6.54 Å². The first-order valence-corrected chi connectivity index (χ1v) is 6.32. The molecule has 96 valence electrons. The summed E-state index contributed by atoms with van der Waals surface area (Å²) in [6, 6.07) is 15.2. The highest BCUT2D eigenvalue weighted by Crippen LogP contribution is 2.19. The summed E-state index contributed by atoms with van der Waals surface area (Å²) in [5.74, 6) is 6.59. The monoisotopic (exact) mass is 271 g/mol. The molecule has 2 aromatic rings. The molecule has 2 nitrogen and oxygen atoms in total. The fourth-order valence-corrected chi connectivity index (χ4v) is 1.71. The number of para-hydroxylation sites is 1. The second kappa shape index (κ2) is 6.84. The molecule has 0 fully saturated rings. The van der Waals surface area contributed by atoms with Gasteiger partial charge in [-0.15, -0.1) is 0 Å². The van der Waals surface area contributed by atoms with Crippen LogP contribution in [0.25, 0.3) is 0 Å². The summed E-state index contributed by atoms with van der Waals surface area (Å²) < 4.78 is 5.77. The van der Waals surface area contributed by atoms with Gasteiger partial charge in [-0.2, -0.15) is 0 Å². The normalized spacial score (nSPS) is 9.58. The van der Waals surface area contributed by atoms with E-state index in [1.54, 1.807) is 0 Å². The number of benzene rings is 2. The van der Waals surface area contributed by atoms with Gasteiger partial charge in [-0.3, -0.25) is 0 Å². The molecule has 0 spiro atoms. The number of halogens is 1. The van der Waals surface area contributed by atoms with Crippen LogP contribution < -0.4 is 10.5 Å². The van der Waals surface area contributed by atoms with Crippen LogP contribution in [0.3, 0.4) is 0 Å². The number of hydrogen-bond donors (Lipinski definition) is 1. The van der Waals surface area contributed by atoms with E-state index in [1.165, 1.54) is 0 Å². The molecule has 0 radical (unpaired) electrons. The van der Waals surface area contributed by atoms with Crippen molar-refractivity contribution in [3.05, 3.63) is 64.7 Å². The molecule has 19 heavy (non-hydrogen) atoms. The molecule has 0 aliphatic carbocycles. The lowest BCUT2D eigenvalue weighted by Gasteiger charge is -2.08. The van der Waals surface area contributed by atoms with Crippen LogP contribution in [-0.4, -0.2) is 6.54 Å². The summed E-state index contributed by atoms with van der Waals surface area (Å²) in [7, 11) is 0. The highest BCUT2D eigenvalue weighted by Gasteiger charge is 2.00. The van der Waals surface area contributed by atoms with E-state index in [1.807, 2.05) is 48.5 Å². The van der Waals surface area contributed by atoms with Crippen LogP contribution >= 0.6 is 11.6 Å². The average molecular weight is 272 g/mol. The lowest BCUT2D eigenvalue weighted by molar-refractivity contribution is 0.305. The lowest BCUT2D eigenvalue weighted by Crippen LogP contribution is -1.97. The van der Waals surface area contributed by atoms with Crippen LogP contribution in [0.1, 0.15) is 11.1 Å². The molecule has 0 saturated carbocycles. The van der Waals surface area contributed by atoms with Gasteiger partial charge in [0.25, 0.3) is 0 Å². The van der Waals surface area contributed by atoms with Crippen LogP contribution in [0.15, 0.2) is 48.5 Å². The van der Waals surface area contributed by atoms with E-state index in [2.05, 4.69) is 11.8 Å². The average Bonchev–Trinajstić information content (AvgIpc) is 2.45. The largest absolute Gasteiger partial charge is 0.488 e. The first-order valence-electron chi connectivity index (χ1n) is 5.95. The second-order valence-electron chi connectivity index (χ2n) is 3.92. The Morgan fingerprint density at radius 3 is 2.53 bits per heavy atom. The summed E-state index contributed by atoms with van der Waals surface area (Å²) in [6.45, 7) is 0.823. The van der Waals surface area contributed by atoms with E-state index >= 15 is 0 Å². The third-order valence-electron chi connectivity index (χ3n) is 2.52. The Labute approximate surface area is 118 Å². The van der Waals surface area contributed by atoms with Gasteiger partial charge < -0.3 is 10.5 Å². The topological polar surface area (TPSA) is 35.2 Å². The summed E-state index contributed by atoms with van der Waals surface area (Å²) >= 11 is 5.84. The molecule has 2 rings (SSSR count). The van der Waals surface area contributed by atoms with Crippen molar-refractivity contribution >= 4 is 11.6 Å². The summed E-state index contributed by atoms with van der Waals surface area (Å²) in [4.78, 5) is 0. The first kappa shape index (κ1) is 13.5.